The second kappa shape index (κ2) is 4.07. The second-order valence-corrected chi connectivity index (χ2v) is 6.21. The van der Waals surface area contributed by atoms with Gasteiger partial charge in [0.1, 0.15) is 5.50 Å². The monoisotopic (exact) mass is 216 g/mol. The van der Waals surface area contributed by atoms with Gasteiger partial charge < -0.3 is 5.73 Å². The standard InChI is InChI=1S/C9H16N2S2/c1-9(2,3)6-5-7(12-4)13-8(10)11-6/h5,8H,10H2,1-4H3. The molecule has 0 aromatic carbocycles. The topological polar surface area (TPSA) is 38.4 Å². The molecule has 0 fully saturated rings. The first-order valence-electron chi connectivity index (χ1n) is 4.19. The fourth-order valence-corrected chi connectivity index (χ4v) is 2.48. The molecule has 0 aliphatic carbocycles. The van der Waals surface area contributed by atoms with Gasteiger partial charge in [0, 0.05) is 15.4 Å². The maximum Gasteiger partial charge on any atom is 0.149 e. The van der Waals surface area contributed by atoms with E-state index in [0.717, 1.165) is 5.71 Å². The molecule has 1 aliphatic heterocycles. The van der Waals surface area contributed by atoms with Gasteiger partial charge in [-0.2, -0.15) is 0 Å². The number of rotatable bonds is 1. The number of aliphatic imine (C=N–C) groups is 1. The summed E-state index contributed by atoms with van der Waals surface area (Å²) in [6.45, 7) is 6.47. The van der Waals surface area contributed by atoms with Gasteiger partial charge in [0.25, 0.3) is 0 Å². The Kier molecular flexibility index (Phi) is 3.49. The van der Waals surface area contributed by atoms with E-state index in [2.05, 4.69) is 38.1 Å². The third-order valence-electron chi connectivity index (χ3n) is 1.73. The maximum atomic E-state index is 5.81. The Morgan fingerprint density at radius 2 is 2.15 bits per heavy atom. The molecule has 2 N–H and O–H groups in total. The van der Waals surface area contributed by atoms with Crippen LogP contribution in [0.1, 0.15) is 20.8 Å². The van der Waals surface area contributed by atoms with Crippen LogP contribution in [-0.2, 0) is 0 Å². The predicted octanol–water partition coefficient (Wildman–Crippen LogP) is 2.67. The van der Waals surface area contributed by atoms with Gasteiger partial charge in [-0.25, -0.2) is 0 Å². The molecule has 0 amide bonds. The molecule has 1 unspecified atom stereocenters. The summed E-state index contributed by atoms with van der Waals surface area (Å²) >= 11 is 3.35. The third kappa shape index (κ3) is 3.04. The lowest BCUT2D eigenvalue weighted by molar-refractivity contribution is 0.589. The molecule has 1 aliphatic rings. The molecule has 1 atom stereocenters. The third-order valence-corrected chi connectivity index (χ3v) is 3.73. The molecular formula is C9H16N2S2. The summed E-state index contributed by atoms with van der Waals surface area (Å²) in [5, 5.41) is 0. The first kappa shape index (κ1) is 11.1. The van der Waals surface area contributed by atoms with Crippen molar-refractivity contribution in [2.45, 2.75) is 26.3 Å². The van der Waals surface area contributed by atoms with Crippen LogP contribution in [-0.4, -0.2) is 17.5 Å². The highest BCUT2D eigenvalue weighted by Crippen LogP contribution is 2.35. The molecule has 4 heteroatoms. The molecule has 0 radical (unpaired) electrons. The van der Waals surface area contributed by atoms with E-state index in [0.29, 0.717) is 0 Å². The van der Waals surface area contributed by atoms with Crippen LogP contribution in [0.4, 0.5) is 0 Å². The molecule has 74 valence electrons. The number of hydrogen-bond donors (Lipinski definition) is 1. The van der Waals surface area contributed by atoms with Crippen LogP contribution in [0.3, 0.4) is 0 Å². The Balaban J connectivity index is 2.91. The van der Waals surface area contributed by atoms with E-state index in [9.17, 15) is 0 Å². The van der Waals surface area contributed by atoms with E-state index in [-0.39, 0.29) is 10.9 Å². The Hall–Kier alpha value is 0.0700. The quantitative estimate of drug-likeness (QED) is 0.732. The van der Waals surface area contributed by atoms with Gasteiger partial charge in [-0.15, -0.1) is 11.8 Å². The highest BCUT2D eigenvalue weighted by Gasteiger charge is 2.22. The summed E-state index contributed by atoms with van der Waals surface area (Å²) in [4.78, 5) is 4.42. The molecule has 1 heterocycles. The van der Waals surface area contributed by atoms with Gasteiger partial charge in [-0.3, -0.25) is 4.99 Å². The van der Waals surface area contributed by atoms with E-state index in [1.165, 1.54) is 4.24 Å². The Labute approximate surface area is 88.4 Å². The zero-order valence-corrected chi connectivity index (χ0v) is 10.1. The van der Waals surface area contributed by atoms with Crippen LogP contribution in [0.2, 0.25) is 0 Å². The van der Waals surface area contributed by atoms with E-state index in [1.54, 1.807) is 23.5 Å². The fraction of sp³-hybridized carbons (Fsp3) is 0.667. The molecule has 0 saturated carbocycles. The lowest BCUT2D eigenvalue weighted by atomic mass is 9.90. The molecule has 0 spiro atoms. The summed E-state index contributed by atoms with van der Waals surface area (Å²) in [6, 6.07) is 0. The van der Waals surface area contributed by atoms with Crippen molar-refractivity contribution in [1.29, 1.82) is 0 Å². The number of nitrogens with zero attached hydrogens (tertiary/aromatic N) is 1. The minimum absolute atomic E-state index is 0.0968. The molecule has 0 aromatic rings. The van der Waals surface area contributed by atoms with Crippen LogP contribution in [0, 0.1) is 5.41 Å². The highest BCUT2D eigenvalue weighted by molar-refractivity contribution is 8.22. The van der Waals surface area contributed by atoms with Crippen LogP contribution in [0.15, 0.2) is 15.3 Å². The van der Waals surface area contributed by atoms with Crippen molar-refractivity contribution in [3.05, 3.63) is 10.3 Å². The molecule has 1 rings (SSSR count). The van der Waals surface area contributed by atoms with E-state index in [1.807, 2.05) is 0 Å². The Bertz CT molecular complexity index is 251. The summed E-state index contributed by atoms with van der Waals surface area (Å²) in [5.74, 6) is 0. The van der Waals surface area contributed by atoms with Gasteiger partial charge >= 0.3 is 0 Å². The zero-order valence-electron chi connectivity index (χ0n) is 8.50. The fourth-order valence-electron chi connectivity index (χ4n) is 0.983. The molecular weight excluding hydrogens is 200 g/mol. The van der Waals surface area contributed by atoms with Gasteiger partial charge in [-0.1, -0.05) is 32.5 Å². The van der Waals surface area contributed by atoms with Gasteiger partial charge in [0.05, 0.1) is 0 Å². The number of hydrogen-bond acceptors (Lipinski definition) is 4. The minimum Gasteiger partial charge on any atom is -0.301 e. The predicted molar refractivity (Wildman–Crippen MR) is 64.1 cm³/mol. The van der Waals surface area contributed by atoms with E-state index >= 15 is 0 Å². The lowest BCUT2D eigenvalue weighted by Gasteiger charge is -2.24. The molecule has 0 saturated heterocycles. The summed E-state index contributed by atoms with van der Waals surface area (Å²) in [7, 11) is 0. The first-order valence-corrected chi connectivity index (χ1v) is 6.30. The largest absolute Gasteiger partial charge is 0.301 e. The van der Waals surface area contributed by atoms with Gasteiger partial charge in [-0.05, 0) is 12.3 Å². The average molecular weight is 216 g/mol. The zero-order chi connectivity index (χ0) is 10.1. The van der Waals surface area contributed by atoms with E-state index < -0.39 is 0 Å². The van der Waals surface area contributed by atoms with Crippen molar-refractivity contribution < 1.29 is 0 Å². The molecule has 0 aromatic heterocycles. The van der Waals surface area contributed by atoms with Gasteiger partial charge in [0.15, 0.2) is 0 Å². The van der Waals surface area contributed by atoms with Crippen molar-refractivity contribution in [1.82, 2.24) is 0 Å². The van der Waals surface area contributed by atoms with Crippen LogP contribution >= 0.6 is 23.5 Å². The number of nitrogens with two attached hydrogens (primary N) is 1. The summed E-state index contributed by atoms with van der Waals surface area (Å²) in [6.07, 6.45) is 4.20. The number of allylic oxidation sites excluding steroid dienone is 1. The second-order valence-electron chi connectivity index (χ2n) is 3.94. The normalized spacial score (nSPS) is 23.9. The highest BCUT2D eigenvalue weighted by atomic mass is 32.2. The SMILES string of the molecule is CSC1=CC(C(C)(C)C)=NC(N)S1. The Morgan fingerprint density at radius 1 is 1.54 bits per heavy atom. The van der Waals surface area contributed by atoms with Crippen LogP contribution in [0.25, 0.3) is 0 Å². The van der Waals surface area contributed by atoms with Crippen LogP contribution in [0.5, 0.6) is 0 Å². The lowest BCUT2D eigenvalue weighted by Crippen LogP contribution is -2.26. The molecule has 2 nitrogen and oxygen atoms in total. The average Bonchev–Trinajstić information content (AvgIpc) is 2.01. The summed E-state index contributed by atoms with van der Waals surface area (Å²) in [5.41, 5.74) is 6.88. The van der Waals surface area contributed by atoms with Gasteiger partial charge in [0.2, 0.25) is 0 Å². The van der Waals surface area contributed by atoms with Crippen molar-refractivity contribution in [3.63, 3.8) is 0 Å². The smallest absolute Gasteiger partial charge is 0.149 e. The van der Waals surface area contributed by atoms with Crippen molar-refractivity contribution >= 4 is 29.2 Å². The molecule has 0 bridgehead atoms. The Morgan fingerprint density at radius 3 is 2.62 bits per heavy atom. The first-order chi connectivity index (χ1) is 5.93. The maximum absolute atomic E-state index is 5.81. The van der Waals surface area contributed by atoms with Crippen molar-refractivity contribution in [3.8, 4) is 0 Å². The van der Waals surface area contributed by atoms with Crippen molar-refractivity contribution in [2.75, 3.05) is 6.26 Å². The van der Waals surface area contributed by atoms with Crippen LogP contribution < -0.4 is 5.73 Å². The minimum atomic E-state index is -0.123. The summed E-state index contributed by atoms with van der Waals surface area (Å²) < 4.78 is 1.26. The molecule has 13 heavy (non-hydrogen) atoms. The number of thioether (sulfide) groups is 2. The van der Waals surface area contributed by atoms with E-state index in [4.69, 9.17) is 5.73 Å². The van der Waals surface area contributed by atoms with Crippen molar-refractivity contribution in [2.24, 2.45) is 16.1 Å².